The van der Waals surface area contributed by atoms with E-state index in [9.17, 15) is 9.59 Å². The minimum absolute atomic E-state index is 0.187. The van der Waals surface area contributed by atoms with Gasteiger partial charge in [0.15, 0.2) is 0 Å². The molecule has 136 valence electrons. The number of hydrogen-bond acceptors (Lipinski definition) is 2. The monoisotopic (exact) mass is 359 g/mol. The van der Waals surface area contributed by atoms with E-state index in [1.165, 1.54) is 0 Å². The van der Waals surface area contributed by atoms with E-state index in [0.29, 0.717) is 22.6 Å². The second-order valence-corrected chi connectivity index (χ2v) is 6.36. The van der Waals surface area contributed by atoms with Crippen LogP contribution in [0.25, 0.3) is 0 Å². The molecule has 0 unspecified atom stereocenters. The molecule has 5 heteroatoms. The van der Waals surface area contributed by atoms with Crippen molar-refractivity contribution in [3.8, 4) is 0 Å². The van der Waals surface area contributed by atoms with Crippen LogP contribution in [0.15, 0.2) is 72.8 Å². The lowest BCUT2D eigenvalue weighted by molar-refractivity contribution is 0.102. The van der Waals surface area contributed by atoms with Crippen LogP contribution in [0.4, 0.5) is 21.9 Å². The number of carbonyl (C=O) groups excluding carboxylic acids is 2. The molecule has 0 aliphatic rings. The third-order valence-corrected chi connectivity index (χ3v) is 3.89. The normalized spacial score (nSPS) is 10.1. The van der Waals surface area contributed by atoms with Gasteiger partial charge in [-0.3, -0.25) is 4.79 Å². The number of carbonyl (C=O) groups is 2. The Labute approximate surface area is 158 Å². The Bertz CT molecular complexity index is 948. The van der Waals surface area contributed by atoms with Gasteiger partial charge in [0, 0.05) is 22.6 Å². The molecule has 27 heavy (non-hydrogen) atoms. The summed E-state index contributed by atoms with van der Waals surface area (Å²) < 4.78 is 0. The first-order chi connectivity index (χ1) is 13.0. The lowest BCUT2D eigenvalue weighted by Crippen LogP contribution is -2.19. The van der Waals surface area contributed by atoms with Crippen LogP contribution in [0.3, 0.4) is 0 Å². The van der Waals surface area contributed by atoms with Crippen LogP contribution in [0.1, 0.15) is 21.5 Å². The van der Waals surface area contributed by atoms with Crippen LogP contribution in [-0.4, -0.2) is 11.9 Å². The number of hydrogen-bond donors (Lipinski definition) is 3. The molecule has 0 saturated heterocycles. The van der Waals surface area contributed by atoms with Gasteiger partial charge in [-0.25, -0.2) is 4.79 Å². The van der Waals surface area contributed by atoms with E-state index in [2.05, 4.69) is 16.0 Å². The smallest absolute Gasteiger partial charge is 0.322 e. The SMILES string of the molecule is Cc1cc(C)cc(C(=O)Nc2cccc(NC(=O)Nc3ccccc3)c2)c1. The molecule has 3 aromatic rings. The molecule has 0 heterocycles. The molecular formula is C22H21N3O2. The summed E-state index contributed by atoms with van der Waals surface area (Å²) in [6.07, 6.45) is 0. The van der Waals surface area contributed by atoms with E-state index in [1.807, 2.05) is 50.2 Å². The molecule has 5 nitrogen and oxygen atoms in total. The van der Waals surface area contributed by atoms with Gasteiger partial charge in [0.05, 0.1) is 0 Å². The summed E-state index contributed by atoms with van der Waals surface area (Å²) in [5.74, 6) is -0.187. The number of para-hydroxylation sites is 1. The Morgan fingerprint density at radius 1 is 0.630 bits per heavy atom. The van der Waals surface area contributed by atoms with Crippen molar-refractivity contribution in [2.45, 2.75) is 13.8 Å². The Kier molecular flexibility index (Phi) is 5.52. The zero-order chi connectivity index (χ0) is 19.2. The van der Waals surface area contributed by atoms with Crippen LogP contribution >= 0.6 is 0 Å². The zero-order valence-corrected chi connectivity index (χ0v) is 15.2. The summed E-state index contributed by atoms with van der Waals surface area (Å²) in [5, 5.41) is 8.38. The van der Waals surface area contributed by atoms with Crippen molar-refractivity contribution in [1.29, 1.82) is 0 Å². The third kappa shape index (κ3) is 5.19. The Morgan fingerprint density at radius 2 is 1.19 bits per heavy atom. The third-order valence-electron chi connectivity index (χ3n) is 3.89. The summed E-state index contributed by atoms with van der Waals surface area (Å²) in [4.78, 5) is 24.6. The Morgan fingerprint density at radius 3 is 1.85 bits per heavy atom. The summed E-state index contributed by atoms with van der Waals surface area (Å²) >= 11 is 0. The highest BCUT2D eigenvalue weighted by molar-refractivity contribution is 6.05. The zero-order valence-electron chi connectivity index (χ0n) is 15.2. The molecule has 0 saturated carbocycles. The van der Waals surface area contributed by atoms with E-state index in [4.69, 9.17) is 0 Å². The van der Waals surface area contributed by atoms with Gasteiger partial charge in [0.1, 0.15) is 0 Å². The van der Waals surface area contributed by atoms with Crippen molar-refractivity contribution in [3.05, 3.63) is 89.5 Å². The standard InChI is InChI=1S/C22H21N3O2/c1-15-11-16(2)13-17(12-15)21(26)23-19-9-6-10-20(14-19)25-22(27)24-18-7-4-3-5-8-18/h3-14H,1-2H3,(H,23,26)(H2,24,25,27). The molecule has 0 bridgehead atoms. The van der Waals surface area contributed by atoms with Crippen LogP contribution in [0, 0.1) is 13.8 Å². The fourth-order valence-corrected chi connectivity index (χ4v) is 2.80. The predicted molar refractivity (Wildman–Crippen MR) is 109 cm³/mol. The summed E-state index contributed by atoms with van der Waals surface area (Å²) in [5.41, 5.74) is 4.57. The van der Waals surface area contributed by atoms with Gasteiger partial charge < -0.3 is 16.0 Å². The summed E-state index contributed by atoms with van der Waals surface area (Å²) in [6.45, 7) is 3.92. The van der Waals surface area contributed by atoms with Crippen molar-refractivity contribution >= 4 is 29.0 Å². The van der Waals surface area contributed by atoms with Gasteiger partial charge in [-0.05, 0) is 56.3 Å². The Balaban J connectivity index is 1.66. The predicted octanol–water partition coefficient (Wildman–Crippen LogP) is 5.20. The van der Waals surface area contributed by atoms with Crippen molar-refractivity contribution in [2.75, 3.05) is 16.0 Å². The fourth-order valence-electron chi connectivity index (χ4n) is 2.80. The molecule has 0 atom stereocenters. The minimum Gasteiger partial charge on any atom is -0.322 e. The number of aryl methyl sites for hydroxylation is 2. The molecule has 3 amide bonds. The second kappa shape index (κ2) is 8.19. The lowest BCUT2D eigenvalue weighted by atomic mass is 10.1. The van der Waals surface area contributed by atoms with Gasteiger partial charge in [-0.2, -0.15) is 0 Å². The molecule has 0 spiro atoms. The molecule has 0 fully saturated rings. The molecule has 0 aromatic heterocycles. The number of rotatable bonds is 4. The number of benzene rings is 3. The van der Waals surface area contributed by atoms with Crippen LogP contribution in [0.5, 0.6) is 0 Å². The molecule has 3 rings (SSSR count). The molecule has 3 aromatic carbocycles. The number of amides is 3. The van der Waals surface area contributed by atoms with Gasteiger partial charge in [0.2, 0.25) is 0 Å². The minimum atomic E-state index is -0.348. The summed E-state index contributed by atoms with van der Waals surface area (Å²) in [6, 6.07) is 21.6. The summed E-state index contributed by atoms with van der Waals surface area (Å²) in [7, 11) is 0. The largest absolute Gasteiger partial charge is 0.323 e. The van der Waals surface area contributed by atoms with E-state index in [1.54, 1.807) is 36.4 Å². The topological polar surface area (TPSA) is 70.2 Å². The molecule has 0 aliphatic heterocycles. The fraction of sp³-hybridized carbons (Fsp3) is 0.0909. The molecule has 3 N–H and O–H groups in total. The number of anilines is 3. The number of nitrogens with one attached hydrogen (secondary N) is 3. The van der Waals surface area contributed by atoms with E-state index in [0.717, 1.165) is 11.1 Å². The van der Waals surface area contributed by atoms with E-state index in [-0.39, 0.29) is 11.9 Å². The highest BCUT2D eigenvalue weighted by Crippen LogP contribution is 2.17. The van der Waals surface area contributed by atoms with Crippen molar-refractivity contribution in [1.82, 2.24) is 0 Å². The van der Waals surface area contributed by atoms with Crippen LogP contribution < -0.4 is 16.0 Å². The average Bonchev–Trinajstić information content (AvgIpc) is 2.62. The first kappa shape index (κ1) is 18.2. The average molecular weight is 359 g/mol. The maximum absolute atomic E-state index is 12.5. The van der Waals surface area contributed by atoms with Gasteiger partial charge in [0.25, 0.3) is 5.91 Å². The molecule has 0 aliphatic carbocycles. The van der Waals surface area contributed by atoms with Crippen molar-refractivity contribution < 1.29 is 9.59 Å². The number of urea groups is 1. The van der Waals surface area contributed by atoms with Crippen molar-refractivity contribution in [2.24, 2.45) is 0 Å². The Hall–Kier alpha value is -3.60. The van der Waals surface area contributed by atoms with E-state index < -0.39 is 0 Å². The maximum atomic E-state index is 12.5. The quantitative estimate of drug-likeness (QED) is 0.599. The van der Waals surface area contributed by atoms with Crippen molar-refractivity contribution in [3.63, 3.8) is 0 Å². The van der Waals surface area contributed by atoms with Gasteiger partial charge in [-0.15, -0.1) is 0 Å². The van der Waals surface area contributed by atoms with Gasteiger partial charge >= 0.3 is 6.03 Å². The molecular weight excluding hydrogens is 338 g/mol. The van der Waals surface area contributed by atoms with Gasteiger partial charge in [-0.1, -0.05) is 41.5 Å². The second-order valence-electron chi connectivity index (χ2n) is 6.36. The lowest BCUT2D eigenvalue weighted by Gasteiger charge is -2.10. The highest BCUT2D eigenvalue weighted by atomic mass is 16.2. The van der Waals surface area contributed by atoms with Crippen LogP contribution in [-0.2, 0) is 0 Å². The highest BCUT2D eigenvalue weighted by Gasteiger charge is 2.08. The van der Waals surface area contributed by atoms with E-state index >= 15 is 0 Å². The van der Waals surface area contributed by atoms with Crippen LogP contribution in [0.2, 0.25) is 0 Å². The maximum Gasteiger partial charge on any atom is 0.323 e. The first-order valence-electron chi connectivity index (χ1n) is 8.62. The first-order valence-corrected chi connectivity index (χ1v) is 8.62. The molecule has 0 radical (unpaired) electrons.